The Balaban J connectivity index is 1.36. The van der Waals surface area contributed by atoms with Gasteiger partial charge in [-0.2, -0.15) is 0 Å². The second-order valence-electron chi connectivity index (χ2n) is 8.73. The lowest BCUT2D eigenvalue weighted by atomic mass is 10.2. The lowest BCUT2D eigenvalue weighted by molar-refractivity contribution is -0.129. The van der Waals surface area contributed by atoms with Crippen LogP contribution in [0.15, 0.2) is 53.7 Å². The van der Waals surface area contributed by atoms with Gasteiger partial charge in [0.25, 0.3) is 0 Å². The first-order valence-corrected chi connectivity index (χ1v) is 12.8. The maximum atomic E-state index is 14.2. The number of hydrogen-bond donors (Lipinski definition) is 0. The van der Waals surface area contributed by atoms with Crippen LogP contribution in [0.1, 0.15) is 50.1 Å². The van der Waals surface area contributed by atoms with Crippen LogP contribution in [0, 0.1) is 5.82 Å². The van der Waals surface area contributed by atoms with Crippen LogP contribution in [0.5, 0.6) is 0 Å². The highest BCUT2D eigenvalue weighted by Crippen LogP contribution is 2.38. The van der Waals surface area contributed by atoms with Crippen molar-refractivity contribution in [3.8, 4) is 11.4 Å². The zero-order valence-electron chi connectivity index (χ0n) is 18.3. The van der Waals surface area contributed by atoms with E-state index in [1.165, 1.54) is 30.7 Å². The number of hydrogen-bond acceptors (Lipinski definition) is 4. The van der Waals surface area contributed by atoms with Crippen molar-refractivity contribution in [1.82, 2.24) is 19.7 Å². The third-order valence-electron chi connectivity index (χ3n) is 6.40. The molecule has 3 aromatic rings. The number of carbonyl (C=O) groups excluding carboxylic acids is 1. The Bertz CT molecular complexity index is 1140. The zero-order chi connectivity index (χ0) is 22.8. The summed E-state index contributed by atoms with van der Waals surface area (Å²) in [7, 11) is 0. The van der Waals surface area contributed by atoms with E-state index in [0.717, 1.165) is 42.2 Å². The molecular weight excluding hydrogens is 459 g/mol. The van der Waals surface area contributed by atoms with E-state index < -0.39 is 0 Å². The van der Waals surface area contributed by atoms with E-state index in [0.29, 0.717) is 23.2 Å². The standard InChI is InChI=1S/C25H26ClFN4OS/c26-21-11-5-4-10-20(21)24-28-29-25(31(24)19-8-2-3-9-19)33-16-23(32)30(18-13-14-18)15-17-7-1-6-12-22(17)27/h1,4-7,10-12,18-19H,2-3,8-9,13-16H2. The van der Waals surface area contributed by atoms with Gasteiger partial charge in [0.1, 0.15) is 5.82 Å². The van der Waals surface area contributed by atoms with Crippen LogP contribution in [0.4, 0.5) is 4.39 Å². The van der Waals surface area contributed by atoms with Gasteiger partial charge < -0.3 is 4.90 Å². The molecule has 5 nitrogen and oxygen atoms in total. The van der Waals surface area contributed by atoms with E-state index >= 15 is 0 Å². The molecule has 172 valence electrons. The molecule has 5 rings (SSSR count). The largest absolute Gasteiger partial charge is 0.335 e. The molecule has 2 fully saturated rings. The van der Waals surface area contributed by atoms with E-state index in [-0.39, 0.29) is 23.5 Å². The number of nitrogens with zero attached hydrogens (tertiary/aromatic N) is 4. The summed E-state index contributed by atoms with van der Waals surface area (Å²) in [5.41, 5.74) is 1.41. The third kappa shape index (κ3) is 4.94. The predicted molar refractivity (Wildman–Crippen MR) is 129 cm³/mol. The normalized spacial score (nSPS) is 16.3. The number of amides is 1. The van der Waals surface area contributed by atoms with Crippen LogP contribution in [0.3, 0.4) is 0 Å². The fourth-order valence-corrected chi connectivity index (χ4v) is 5.63. The predicted octanol–water partition coefficient (Wildman–Crippen LogP) is 6.14. The van der Waals surface area contributed by atoms with Crippen LogP contribution in [0.25, 0.3) is 11.4 Å². The summed E-state index contributed by atoms with van der Waals surface area (Å²) in [5, 5.41) is 10.3. The Hall–Kier alpha value is -2.38. The third-order valence-corrected chi connectivity index (χ3v) is 7.66. The summed E-state index contributed by atoms with van der Waals surface area (Å²) in [5.74, 6) is 0.742. The molecule has 2 aliphatic rings. The van der Waals surface area contributed by atoms with Gasteiger partial charge in [0.05, 0.1) is 10.8 Å². The number of aromatic nitrogens is 3. The molecule has 8 heteroatoms. The first-order valence-electron chi connectivity index (χ1n) is 11.5. The Labute approximate surface area is 202 Å². The molecule has 0 N–H and O–H groups in total. The van der Waals surface area contributed by atoms with Crippen LogP contribution < -0.4 is 0 Å². The molecule has 0 saturated heterocycles. The zero-order valence-corrected chi connectivity index (χ0v) is 19.9. The number of carbonyl (C=O) groups is 1. The molecule has 0 radical (unpaired) electrons. The number of thioether (sulfide) groups is 1. The molecule has 1 amide bonds. The van der Waals surface area contributed by atoms with Crippen LogP contribution in [-0.4, -0.2) is 37.4 Å². The van der Waals surface area contributed by atoms with Gasteiger partial charge in [-0.1, -0.05) is 66.5 Å². The number of halogens is 2. The van der Waals surface area contributed by atoms with Crippen LogP contribution >= 0.6 is 23.4 Å². The fourth-order valence-electron chi connectivity index (χ4n) is 4.52. The van der Waals surface area contributed by atoms with E-state index in [2.05, 4.69) is 14.8 Å². The highest BCUT2D eigenvalue weighted by molar-refractivity contribution is 7.99. The van der Waals surface area contributed by atoms with Gasteiger partial charge in [0.15, 0.2) is 11.0 Å². The van der Waals surface area contributed by atoms with Crippen molar-refractivity contribution in [2.24, 2.45) is 0 Å². The monoisotopic (exact) mass is 484 g/mol. The van der Waals surface area contributed by atoms with Gasteiger partial charge in [-0.15, -0.1) is 10.2 Å². The van der Waals surface area contributed by atoms with Gasteiger partial charge in [-0.25, -0.2) is 4.39 Å². The minimum atomic E-state index is -0.269. The van der Waals surface area contributed by atoms with Crippen molar-refractivity contribution in [2.75, 3.05) is 5.75 Å². The average Bonchev–Trinajstić information content (AvgIpc) is 3.34. The lowest BCUT2D eigenvalue weighted by Crippen LogP contribution is -2.34. The van der Waals surface area contributed by atoms with Crippen molar-refractivity contribution in [1.29, 1.82) is 0 Å². The van der Waals surface area contributed by atoms with Crippen molar-refractivity contribution < 1.29 is 9.18 Å². The minimum absolute atomic E-state index is 0.00557. The van der Waals surface area contributed by atoms with E-state index in [1.54, 1.807) is 12.1 Å². The topological polar surface area (TPSA) is 51.0 Å². The molecule has 1 aromatic heterocycles. The maximum absolute atomic E-state index is 14.2. The first kappa shape index (κ1) is 22.4. The van der Waals surface area contributed by atoms with Crippen molar-refractivity contribution in [3.63, 3.8) is 0 Å². The smallest absolute Gasteiger partial charge is 0.233 e. The molecule has 0 aliphatic heterocycles. The number of rotatable bonds is 8. The second kappa shape index (κ2) is 9.85. The highest BCUT2D eigenvalue weighted by atomic mass is 35.5. The summed E-state index contributed by atoms with van der Waals surface area (Å²) >= 11 is 7.88. The molecule has 2 aliphatic carbocycles. The molecule has 2 aromatic carbocycles. The molecule has 0 unspecified atom stereocenters. The van der Waals surface area contributed by atoms with Gasteiger partial charge in [0.2, 0.25) is 5.91 Å². The summed E-state index contributed by atoms with van der Waals surface area (Å²) in [6.45, 7) is 0.303. The van der Waals surface area contributed by atoms with Gasteiger partial charge in [-0.3, -0.25) is 9.36 Å². The van der Waals surface area contributed by atoms with Crippen LogP contribution in [0.2, 0.25) is 5.02 Å². The molecular formula is C25H26ClFN4OS. The fraction of sp³-hybridized carbons (Fsp3) is 0.400. The molecule has 0 atom stereocenters. The van der Waals surface area contributed by atoms with Gasteiger partial charge in [0, 0.05) is 29.8 Å². The maximum Gasteiger partial charge on any atom is 0.233 e. The van der Waals surface area contributed by atoms with E-state index in [9.17, 15) is 9.18 Å². The van der Waals surface area contributed by atoms with Crippen molar-refractivity contribution in [3.05, 3.63) is 64.9 Å². The Morgan fingerprint density at radius 1 is 1.06 bits per heavy atom. The Morgan fingerprint density at radius 2 is 1.79 bits per heavy atom. The lowest BCUT2D eigenvalue weighted by Gasteiger charge is -2.23. The molecule has 0 spiro atoms. The minimum Gasteiger partial charge on any atom is -0.335 e. The second-order valence-corrected chi connectivity index (χ2v) is 10.1. The quantitative estimate of drug-likeness (QED) is 0.360. The number of benzene rings is 2. The first-order chi connectivity index (χ1) is 16.1. The molecule has 1 heterocycles. The highest BCUT2D eigenvalue weighted by Gasteiger charge is 2.33. The van der Waals surface area contributed by atoms with Gasteiger partial charge in [-0.05, 0) is 43.9 Å². The van der Waals surface area contributed by atoms with Crippen LogP contribution in [-0.2, 0) is 11.3 Å². The molecule has 2 saturated carbocycles. The summed E-state index contributed by atoms with van der Waals surface area (Å²) < 4.78 is 16.4. The van der Waals surface area contributed by atoms with Crippen molar-refractivity contribution >= 4 is 29.3 Å². The molecule has 0 bridgehead atoms. The summed E-state index contributed by atoms with van der Waals surface area (Å²) in [4.78, 5) is 15.0. The molecule has 33 heavy (non-hydrogen) atoms. The average molecular weight is 485 g/mol. The summed E-state index contributed by atoms with van der Waals surface area (Å²) in [6, 6.07) is 14.8. The summed E-state index contributed by atoms with van der Waals surface area (Å²) in [6.07, 6.45) is 6.42. The van der Waals surface area contributed by atoms with Crippen molar-refractivity contribution in [2.45, 2.75) is 62.3 Å². The van der Waals surface area contributed by atoms with Gasteiger partial charge >= 0.3 is 0 Å². The van der Waals surface area contributed by atoms with E-state index in [4.69, 9.17) is 11.6 Å². The Kier molecular flexibility index (Phi) is 6.69. The van der Waals surface area contributed by atoms with E-state index in [1.807, 2.05) is 35.2 Å². The Morgan fingerprint density at radius 3 is 2.52 bits per heavy atom. The SMILES string of the molecule is O=C(CSc1nnc(-c2ccccc2Cl)n1C1CCCC1)N(Cc1ccccc1F)C1CC1.